The molecule has 0 saturated carbocycles. The van der Waals surface area contributed by atoms with E-state index in [4.69, 9.17) is 0 Å². The number of imidazole rings is 1. The number of hydrogen-bond acceptors (Lipinski definition) is 0. The highest BCUT2D eigenvalue weighted by Crippen LogP contribution is 2.32. The maximum absolute atomic E-state index is 2.41. The Morgan fingerprint density at radius 1 is 0.568 bits per heavy atom. The molecular weight excluding hydrogens is 452 g/mol. The Bertz CT molecular complexity index is 1960. The van der Waals surface area contributed by atoms with Crippen molar-refractivity contribution < 1.29 is 9.13 Å². The van der Waals surface area contributed by atoms with Crippen molar-refractivity contribution in [1.29, 1.82) is 0 Å². The summed E-state index contributed by atoms with van der Waals surface area (Å²) < 4.78 is 9.48. The van der Waals surface area contributed by atoms with Crippen molar-refractivity contribution in [2.75, 3.05) is 0 Å². The Labute approximate surface area is 215 Å². The second kappa shape index (κ2) is 8.17. The monoisotopic (exact) mass is 480 g/mol. The molecule has 0 aliphatic rings. The van der Waals surface area contributed by atoms with Crippen molar-refractivity contribution in [3.05, 3.63) is 127 Å². The van der Waals surface area contributed by atoms with Gasteiger partial charge in [-0.25, -0.2) is 0 Å². The second-order valence-electron chi connectivity index (χ2n) is 9.67. The van der Waals surface area contributed by atoms with Gasteiger partial charge in [-0.1, -0.05) is 66.7 Å². The van der Waals surface area contributed by atoms with Crippen molar-refractivity contribution in [2.24, 2.45) is 7.05 Å². The minimum Gasteiger partial charge on any atom is -0.270 e. The summed E-state index contributed by atoms with van der Waals surface area (Å²) in [4.78, 5) is 0. The van der Waals surface area contributed by atoms with Crippen molar-refractivity contribution in [2.45, 2.75) is 13.8 Å². The summed E-state index contributed by atoms with van der Waals surface area (Å²) in [5.41, 5.74) is 8.37. The first kappa shape index (κ1) is 21.6. The molecule has 0 spiro atoms. The van der Waals surface area contributed by atoms with Gasteiger partial charge in [0.15, 0.2) is 5.69 Å². The average molecular weight is 481 g/mol. The van der Waals surface area contributed by atoms with E-state index < -0.39 is 0 Å². The number of benzene rings is 4. The van der Waals surface area contributed by atoms with Gasteiger partial charge in [-0.3, -0.25) is 4.57 Å². The van der Waals surface area contributed by atoms with Gasteiger partial charge >= 0.3 is 11.6 Å². The zero-order valence-corrected chi connectivity index (χ0v) is 21.3. The average Bonchev–Trinajstić information content (AvgIpc) is 3.42. The lowest BCUT2D eigenvalue weighted by atomic mass is 10.2. The summed E-state index contributed by atoms with van der Waals surface area (Å²) in [6, 6.07) is 41.1. The van der Waals surface area contributed by atoms with E-state index in [1.54, 1.807) is 0 Å². The van der Waals surface area contributed by atoms with Crippen molar-refractivity contribution >= 4 is 33.0 Å². The van der Waals surface area contributed by atoms with Crippen molar-refractivity contribution in [3.8, 4) is 17.2 Å². The summed E-state index contributed by atoms with van der Waals surface area (Å²) in [5, 5.41) is 2.51. The van der Waals surface area contributed by atoms with Crippen molar-refractivity contribution in [1.82, 2.24) is 9.13 Å². The lowest BCUT2D eigenvalue weighted by Crippen LogP contribution is -2.49. The smallest absolute Gasteiger partial charge is 0.270 e. The second-order valence-corrected chi connectivity index (χ2v) is 9.67. The van der Waals surface area contributed by atoms with Crippen LogP contribution in [-0.2, 0) is 7.05 Å². The molecule has 7 rings (SSSR count). The topological polar surface area (TPSA) is 17.6 Å². The van der Waals surface area contributed by atoms with Gasteiger partial charge in [0.05, 0.1) is 23.5 Å². The molecule has 3 heterocycles. The predicted molar refractivity (Wildman–Crippen MR) is 150 cm³/mol. The van der Waals surface area contributed by atoms with E-state index in [1.165, 1.54) is 44.2 Å². The molecular formula is C33H28N4+2. The SMILES string of the molecule is Cc1ccccc1-n1c2ccccc2c2ccc(-[n+]3c(C)n(-c4ccccc4)c4ccccc43)[n+](C)c21. The molecule has 0 unspecified atom stereocenters. The molecule has 178 valence electrons. The van der Waals surface area contributed by atoms with E-state index >= 15 is 0 Å². The van der Waals surface area contributed by atoms with Crippen molar-refractivity contribution in [3.63, 3.8) is 0 Å². The summed E-state index contributed by atoms with van der Waals surface area (Å²) in [6.45, 7) is 4.39. The molecule has 4 aromatic carbocycles. The van der Waals surface area contributed by atoms with Gasteiger partial charge in [0.25, 0.3) is 0 Å². The molecule has 0 amide bonds. The van der Waals surface area contributed by atoms with Crippen LogP contribution in [0.3, 0.4) is 0 Å². The third kappa shape index (κ3) is 3.09. The standard InChI is InChI=1S/C33H28N4/c1-23-13-7-9-17-28(23)37-29-18-10-8-16-26(29)27-21-22-32(34(3)33(27)37)36-24(2)35(25-14-5-4-6-15-25)30-19-11-12-20-31(30)36/h4-22H,1-3H3/q+2. The quantitative estimate of drug-likeness (QED) is 0.259. The number of para-hydroxylation sites is 5. The number of pyridine rings is 1. The molecule has 0 saturated heterocycles. The molecule has 0 fully saturated rings. The maximum Gasteiger partial charge on any atom is 0.346 e. The van der Waals surface area contributed by atoms with Crippen LogP contribution in [0.5, 0.6) is 0 Å². The zero-order chi connectivity index (χ0) is 25.1. The van der Waals surface area contributed by atoms with Crippen LogP contribution in [0.2, 0.25) is 0 Å². The Kier molecular flexibility index (Phi) is 4.76. The third-order valence-electron chi connectivity index (χ3n) is 7.56. The predicted octanol–water partition coefficient (Wildman–Crippen LogP) is 6.45. The fourth-order valence-electron chi connectivity index (χ4n) is 5.89. The van der Waals surface area contributed by atoms with Crippen LogP contribution in [0.25, 0.3) is 50.2 Å². The van der Waals surface area contributed by atoms with E-state index in [-0.39, 0.29) is 0 Å². The van der Waals surface area contributed by atoms with Crippen LogP contribution in [0, 0.1) is 13.8 Å². The van der Waals surface area contributed by atoms with Crippen LogP contribution in [0.1, 0.15) is 11.4 Å². The molecule has 37 heavy (non-hydrogen) atoms. The molecule has 0 aliphatic heterocycles. The Hall–Kier alpha value is -4.70. The molecule has 4 heteroatoms. The molecule has 0 radical (unpaired) electrons. The van der Waals surface area contributed by atoms with E-state index in [2.05, 4.69) is 154 Å². The van der Waals surface area contributed by atoms with Crippen LogP contribution >= 0.6 is 0 Å². The Morgan fingerprint density at radius 3 is 2.05 bits per heavy atom. The zero-order valence-electron chi connectivity index (χ0n) is 21.3. The Balaban J connectivity index is 1.61. The third-order valence-corrected chi connectivity index (χ3v) is 7.56. The first-order valence-corrected chi connectivity index (χ1v) is 12.7. The summed E-state index contributed by atoms with van der Waals surface area (Å²) in [6.07, 6.45) is 0. The highest BCUT2D eigenvalue weighted by atomic mass is 15.3. The molecule has 0 atom stereocenters. The fourth-order valence-corrected chi connectivity index (χ4v) is 5.89. The van der Waals surface area contributed by atoms with Gasteiger partial charge in [0.1, 0.15) is 7.05 Å². The van der Waals surface area contributed by atoms with Crippen LogP contribution in [0.15, 0.2) is 115 Å². The normalized spacial score (nSPS) is 11.6. The molecule has 7 aromatic rings. The first-order chi connectivity index (χ1) is 18.1. The summed E-state index contributed by atoms with van der Waals surface area (Å²) >= 11 is 0. The molecule has 0 bridgehead atoms. The number of aryl methyl sites for hydroxylation is 2. The Morgan fingerprint density at radius 2 is 1.24 bits per heavy atom. The number of nitrogens with zero attached hydrogens (tertiary/aromatic N) is 4. The molecule has 3 aromatic heterocycles. The molecule has 0 aliphatic carbocycles. The number of hydrogen-bond donors (Lipinski definition) is 0. The van der Waals surface area contributed by atoms with Gasteiger partial charge in [-0.05, 0) is 55.0 Å². The highest BCUT2D eigenvalue weighted by molar-refractivity contribution is 6.07. The van der Waals surface area contributed by atoms with Gasteiger partial charge in [0, 0.05) is 11.5 Å². The summed E-state index contributed by atoms with van der Waals surface area (Å²) in [7, 11) is 2.19. The minimum atomic E-state index is 1.12. The maximum atomic E-state index is 2.41. The number of rotatable bonds is 3. The van der Waals surface area contributed by atoms with E-state index in [0.717, 1.165) is 17.3 Å². The van der Waals surface area contributed by atoms with E-state index in [1.807, 2.05) is 0 Å². The van der Waals surface area contributed by atoms with Gasteiger partial charge in [0.2, 0.25) is 16.7 Å². The first-order valence-electron chi connectivity index (χ1n) is 12.7. The fraction of sp³-hybridized carbons (Fsp3) is 0.0909. The summed E-state index contributed by atoms with van der Waals surface area (Å²) in [5.74, 6) is 2.27. The van der Waals surface area contributed by atoms with Crippen LogP contribution < -0.4 is 9.13 Å². The van der Waals surface area contributed by atoms with Gasteiger partial charge in [-0.2, -0.15) is 9.13 Å². The van der Waals surface area contributed by atoms with Gasteiger partial charge in [-0.15, -0.1) is 4.57 Å². The lowest BCUT2D eigenvalue weighted by molar-refractivity contribution is -0.756. The van der Waals surface area contributed by atoms with E-state index in [9.17, 15) is 0 Å². The minimum absolute atomic E-state index is 1.12. The highest BCUT2D eigenvalue weighted by Gasteiger charge is 2.32. The lowest BCUT2D eigenvalue weighted by Gasteiger charge is -2.10. The molecule has 0 N–H and O–H groups in total. The number of aromatic nitrogens is 4. The van der Waals surface area contributed by atoms with Gasteiger partial charge < -0.3 is 0 Å². The van der Waals surface area contributed by atoms with E-state index in [0.29, 0.717) is 0 Å². The largest absolute Gasteiger partial charge is 0.346 e. The van der Waals surface area contributed by atoms with Crippen LogP contribution in [0.4, 0.5) is 0 Å². The molecule has 4 nitrogen and oxygen atoms in total. The number of fused-ring (bicyclic) bond motifs is 4. The van der Waals surface area contributed by atoms with Crippen LogP contribution in [-0.4, -0.2) is 9.13 Å².